The maximum atomic E-state index is 14.8. The van der Waals surface area contributed by atoms with Crippen molar-refractivity contribution in [3.05, 3.63) is 120 Å². The molecule has 13 nitrogen and oxygen atoms in total. The first-order valence-corrected chi connectivity index (χ1v) is 23.5. The first kappa shape index (κ1) is 47.1. The molecular formula is C52H63FN2O11. The summed E-state index contributed by atoms with van der Waals surface area (Å²) in [5.41, 5.74) is 3.59. The van der Waals surface area contributed by atoms with Crippen molar-refractivity contribution < 1.29 is 57.4 Å². The lowest BCUT2D eigenvalue weighted by atomic mass is 9.55. The molecule has 66 heavy (non-hydrogen) atoms. The quantitative estimate of drug-likeness (QED) is 0.0565. The first-order valence-electron chi connectivity index (χ1n) is 23.5. The maximum absolute atomic E-state index is 14.8. The van der Waals surface area contributed by atoms with Gasteiger partial charge in [-0.1, -0.05) is 60.5 Å². The van der Waals surface area contributed by atoms with Gasteiger partial charge in [-0.05, 0) is 104 Å². The second kappa shape index (κ2) is 22.4. The highest BCUT2D eigenvalue weighted by Gasteiger charge is 2.66. The number of carbonyl (C=O) groups excluding carboxylic acids is 1. The van der Waals surface area contributed by atoms with Crippen LogP contribution in [0.2, 0.25) is 0 Å². The zero-order chi connectivity index (χ0) is 45.9. The van der Waals surface area contributed by atoms with Crippen LogP contribution in [0.5, 0.6) is 23.0 Å². The fraction of sp³-hybridized carbons (Fsp3) is 0.500. The van der Waals surface area contributed by atoms with Crippen molar-refractivity contribution in [2.24, 2.45) is 22.9 Å². The molecule has 3 heterocycles. The van der Waals surface area contributed by atoms with E-state index in [0.29, 0.717) is 66.6 Å². The van der Waals surface area contributed by atoms with Crippen molar-refractivity contribution in [3.63, 3.8) is 0 Å². The Bertz CT molecular complexity index is 2210. The van der Waals surface area contributed by atoms with Crippen molar-refractivity contribution in [2.45, 2.75) is 108 Å². The van der Waals surface area contributed by atoms with Crippen LogP contribution in [0.4, 0.5) is 9.18 Å². The number of amides is 1. The Morgan fingerprint density at radius 2 is 1.77 bits per heavy atom. The Labute approximate surface area is 386 Å². The molecular weight excluding hydrogens is 848 g/mol. The minimum Gasteiger partial charge on any atom is -0.489 e. The molecule has 0 bridgehead atoms. The summed E-state index contributed by atoms with van der Waals surface area (Å²) in [6.07, 6.45) is 12.1. The van der Waals surface area contributed by atoms with E-state index >= 15 is 0 Å². The Morgan fingerprint density at radius 3 is 2.56 bits per heavy atom. The normalized spacial score (nSPS) is 25.4. The summed E-state index contributed by atoms with van der Waals surface area (Å²) in [7, 11) is 0. The van der Waals surface area contributed by atoms with Crippen molar-refractivity contribution in [3.8, 4) is 23.0 Å². The number of hydrogen-bond donors (Lipinski definition) is 2. The smallest absolute Gasteiger partial charge is 0.410 e. The highest BCUT2D eigenvalue weighted by molar-refractivity contribution is 6.03. The molecule has 1 saturated heterocycles. The molecule has 7 atom stereocenters. The number of oxime groups is 1. The van der Waals surface area contributed by atoms with Gasteiger partial charge in [0.05, 0.1) is 31.5 Å². The first-order chi connectivity index (χ1) is 32.4. The third kappa shape index (κ3) is 10.4. The average Bonchev–Trinajstić information content (AvgIpc) is 3.81. The van der Waals surface area contributed by atoms with Crippen LogP contribution < -0.4 is 18.9 Å². The lowest BCUT2D eigenvalue weighted by Gasteiger charge is -2.60. The number of ether oxygens (including phenoxy) is 7. The van der Waals surface area contributed by atoms with Crippen molar-refractivity contribution in [2.75, 3.05) is 39.8 Å². The number of hydrogen-bond acceptors (Lipinski definition) is 12. The molecule has 1 saturated carbocycles. The SMILES string of the molecule is C=CCCOC(=O)N(Cc1ccc2c(c1)OCO2)C1CC(=NOC2CCCCO2)C2=CC(CCCCO)C(CCCCO)C3c4cc(OCc5ccccc5F)ccc4OC1(OCC=C)C23. The van der Waals surface area contributed by atoms with Crippen LogP contribution in [0, 0.1) is 23.6 Å². The number of benzene rings is 3. The van der Waals surface area contributed by atoms with Crippen LogP contribution in [0.1, 0.15) is 93.2 Å². The van der Waals surface area contributed by atoms with E-state index in [-0.39, 0.29) is 76.4 Å². The summed E-state index contributed by atoms with van der Waals surface area (Å²) in [5, 5.41) is 25.0. The third-order valence-electron chi connectivity index (χ3n) is 13.4. The highest BCUT2D eigenvalue weighted by Crippen LogP contribution is 2.62. The predicted octanol–water partition coefficient (Wildman–Crippen LogP) is 9.51. The Morgan fingerprint density at radius 1 is 0.955 bits per heavy atom. The van der Waals surface area contributed by atoms with Gasteiger partial charge in [0.1, 0.15) is 30.0 Å². The van der Waals surface area contributed by atoms with E-state index in [2.05, 4.69) is 19.2 Å². The van der Waals surface area contributed by atoms with Crippen LogP contribution in [-0.4, -0.2) is 84.9 Å². The van der Waals surface area contributed by atoms with Crippen LogP contribution in [0.3, 0.4) is 0 Å². The van der Waals surface area contributed by atoms with E-state index in [1.165, 1.54) is 6.07 Å². The Kier molecular flexibility index (Phi) is 16.0. The van der Waals surface area contributed by atoms with Crippen molar-refractivity contribution in [1.82, 2.24) is 4.90 Å². The van der Waals surface area contributed by atoms with Gasteiger partial charge in [0.25, 0.3) is 0 Å². The molecule has 354 valence electrons. The molecule has 14 heteroatoms. The van der Waals surface area contributed by atoms with Gasteiger partial charge in [-0.3, -0.25) is 4.90 Å². The molecule has 3 aromatic rings. The van der Waals surface area contributed by atoms with Crippen LogP contribution in [0.15, 0.2) is 103 Å². The van der Waals surface area contributed by atoms with E-state index in [4.69, 9.17) is 43.2 Å². The molecule has 7 unspecified atom stereocenters. The fourth-order valence-corrected chi connectivity index (χ4v) is 10.3. The van der Waals surface area contributed by atoms with Gasteiger partial charge in [0.15, 0.2) is 11.5 Å². The van der Waals surface area contributed by atoms with E-state index in [9.17, 15) is 19.4 Å². The summed E-state index contributed by atoms with van der Waals surface area (Å²) in [6, 6.07) is 17.0. The van der Waals surface area contributed by atoms with Gasteiger partial charge in [0.2, 0.25) is 18.9 Å². The number of aliphatic hydroxyl groups excluding tert-OH is 2. The summed E-state index contributed by atoms with van der Waals surface area (Å²) in [5.74, 6) is -0.500. The number of halogens is 1. The highest BCUT2D eigenvalue weighted by atomic mass is 19.1. The maximum Gasteiger partial charge on any atom is 0.410 e. The van der Waals surface area contributed by atoms with Gasteiger partial charge in [-0.25, -0.2) is 9.18 Å². The number of rotatable bonds is 22. The van der Waals surface area contributed by atoms with Crippen LogP contribution in [0.25, 0.3) is 0 Å². The average molecular weight is 911 g/mol. The Balaban J connectivity index is 1.32. The minimum absolute atomic E-state index is 0.0128. The largest absolute Gasteiger partial charge is 0.489 e. The van der Waals surface area contributed by atoms with Gasteiger partial charge in [-0.15, -0.1) is 13.2 Å². The van der Waals surface area contributed by atoms with Crippen LogP contribution in [-0.2, 0) is 32.2 Å². The minimum atomic E-state index is -1.54. The lowest BCUT2D eigenvalue weighted by Crippen LogP contribution is -2.70. The number of allylic oxidation sites excluding steroid dienone is 1. The summed E-state index contributed by atoms with van der Waals surface area (Å²) in [6.45, 7) is 8.98. The number of nitrogens with zero attached hydrogens (tertiary/aromatic N) is 2. The molecule has 8 rings (SSSR count). The molecule has 5 aliphatic rings. The van der Waals surface area contributed by atoms with E-state index < -0.39 is 30.1 Å². The zero-order valence-corrected chi connectivity index (χ0v) is 37.7. The van der Waals surface area contributed by atoms with Gasteiger partial charge in [-0.2, -0.15) is 0 Å². The van der Waals surface area contributed by atoms with Crippen molar-refractivity contribution >= 4 is 11.8 Å². The second-order valence-corrected chi connectivity index (χ2v) is 17.6. The van der Waals surface area contributed by atoms with E-state index in [1.807, 2.05) is 36.4 Å². The number of aliphatic hydroxyl groups is 2. The number of unbranched alkanes of at least 4 members (excludes halogenated alkanes) is 2. The van der Waals surface area contributed by atoms with E-state index in [0.717, 1.165) is 55.2 Å². The number of fused-ring (bicyclic) bond motifs is 3. The van der Waals surface area contributed by atoms with E-state index in [1.54, 1.807) is 35.3 Å². The topological polar surface area (TPSA) is 147 Å². The van der Waals surface area contributed by atoms with Gasteiger partial charge in [0, 0.05) is 49.6 Å². The fourth-order valence-electron chi connectivity index (χ4n) is 10.3. The summed E-state index contributed by atoms with van der Waals surface area (Å²) < 4.78 is 59.2. The van der Waals surface area contributed by atoms with Crippen LogP contribution >= 0.6 is 0 Å². The molecule has 3 aliphatic heterocycles. The monoisotopic (exact) mass is 910 g/mol. The molecule has 1 amide bonds. The Hall–Kier alpha value is -5.41. The molecule has 0 spiro atoms. The van der Waals surface area contributed by atoms with Gasteiger partial charge < -0.3 is 48.2 Å². The predicted molar refractivity (Wildman–Crippen MR) is 245 cm³/mol. The molecule has 2 fully saturated rings. The van der Waals surface area contributed by atoms with Crippen molar-refractivity contribution in [1.29, 1.82) is 0 Å². The molecule has 0 aromatic heterocycles. The molecule has 2 N–H and O–H groups in total. The summed E-state index contributed by atoms with van der Waals surface area (Å²) in [4.78, 5) is 22.8. The number of carbonyl (C=O) groups is 1. The van der Waals surface area contributed by atoms with Gasteiger partial charge >= 0.3 is 6.09 Å². The molecule has 3 aromatic carbocycles. The second-order valence-electron chi connectivity index (χ2n) is 17.6. The third-order valence-corrected chi connectivity index (χ3v) is 13.4. The molecule has 2 aliphatic carbocycles. The zero-order valence-electron chi connectivity index (χ0n) is 37.7. The molecule has 0 radical (unpaired) electrons. The lowest BCUT2D eigenvalue weighted by molar-refractivity contribution is -0.256. The summed E-state index contributed by atoms with van der Waals surface area (Å²) >= 11 is 0. The standard InChI is InChI=1S/C52H63FN2O11/c1-3-5-26-60-51(58)55(32-35-19-21-45-46(28-35)63-34-62-45)47-31-43(54-66-48-18-10-13-27-59-48)40-29-36(14-8-11-23-56)39(16-9-12-24-57)49-41-30-38(61-33-37-15-6-7-17-42(37)53)20-22-44(41)65-52(47,50(40)49)64-25-4-2/h3-4,6-7,15,17,19-22,28-30,36,39,47-50,56-57H,1-2,5,8-14,16,18,23-27,31-34H2.